The highest BCUT2D eigenvalue weighted by atomic mass is 32.2. The lowest BCUT2D eigenvalue weighted by Crippen LogP contribution is -2.15. The number of hydrogen-bond acceptors (Lipinski definition) is 6. The second kappa shape index (κ2) is 6.46. The maximum atomic E-state index is 11.8. The molecule has 2 N–H and O–H groups in total. The van der Waals surface area contributed by atoms with Crippen LogP contribution < -0.4 is 9.88 Å². The summed E-state index contributed by atoms with van der Waals surface area (Å²) >= 11 is 0. The van der Waals surface area contributed by atoms with Crippen LogP contribution in [-0.4, -0.2) is 30.3 Å². The average molecular weight is 348 g/mol. The molecule has 0 saturated heterocycles. The van der Waals surface area contributed by atoms with Crippen molar-refractivity contribution in [3.8, 4) is 5.75 Å². The third-order valence-corrected chi connectivity index (χ3v) is 4.29. The van der Waals surface area contributed by atoms with Gasteiger partial charge >= 0.3 is 0 Å². The Morgan fingerprint density at radius 1 is 1.29 bits per heavy atom. The highest BCUT2D eigenvalue weighted by Crippen LogP contribution is 2.19. The quantitative estimate of drug-likeness (QED) is 0.715. The van der Waals surface area contributed by atoms with Crippen molar-refractivity contribution < 1.29 is 17.6 Å². The first-order valence-corrected chi connectivity index (χ1v) is 8.61. The summed E-state index contributed by atoms with van der Waals surface area (Å²) in [5, 5.41) is 9.20. The molecule has 3 rings (SSSR count). The minimum absolute atomic E-state index is 0.148. The molecule has 0 aliphatic rings. The minimum Gasteiger partial charge on any atom is -0.497 e. The van der Waals surface area contributed by atoms with Crippen molar-refractivity contribution in [2.75, 3.05) is 7.11 Å². The number of aromatic nitrogens is 3. The zero-order valence-electron chi connectivity index (χ0n) is 12.9. The summed E-state index contributed by atoms with van der Waals surface area (Å²) in [5.74, 6) is 1.15. The summed E-state index contributed by atoms with van der Waals surface area (Å²) in [7, 11) is -2.35. The van der Waals surface area contributed by atoms with E-state index in [2.05, 4.69) is 10.1 Å². The number of nitrogens with two attached hydrogens (primary N) is 1. The molecule has 0 bridgehead atoms. The number of methoxy groups -OCH3 is 1. The normalized spacial score (nSPS) is 11.6. The third kappa shape index (κ3) is 3.63. The zero-order chi connectivity index (χ0) is 17.2. The van der Waals surface area contributed by atoms with Crippen LogP contribution in [0, 0.1) is 0 Å². The third-order valence-electron chi connectivity index (χ3n) is 3.40. The SMILES string of the molecule is COc1ccc(Cc2cn(Cc3ncco3)nc2S(N)(=O)=O)cc1. The molecule has 0 aliphatic heterocycles. The van der Waals surface area contributed by atoms with Gasteiger partial charge in [-0.1, -0.05) is 12.1 Å². The van der Waals surface area contributed by atoms with Gasteiger partial charge in [0.1, 0.15) is 18.6 Å². The summed E-state index contributed by atoms with van der Waals surface area (Å²) in [6, 6.07) is 7.33. The van der Waals surface area contributed by atoms with Crippen molar-refractivity contribution in [3.63, 3.8) is 0 Å². The molecule has 0 amide bonds. The molecule has 0 fully saturated rings. The summed E-state index contributed by atoms with van der Waals surface area (Å²) in [6.07, 6.45) is 4.96. The van der Waals surface area contributed by atoms with Crippen LogP contribution in [0.3, 0.4) is 0 Å². The van der Waals surface area contributed by atoms with Gasteiger partial charge < -0.3 is 9.15 Å². The number of primary sulfonamides is 1. The van der Waals surface area contributed by atoms with E-state index in [9.17, 15) is 8.42 Å². The van der Waals surface area contributed by atoms with Gasteiger partial charge in [-0.15, -0.1) is 0 Å². The van der Waals surface area contributed by atoms with E-state index in [4.69, 9.17) is 14.3 Å². The van der Waals surface area contributed by atoms with Gasteiger partial charge in [0, 0.05) is 18.2 Å². The highest BCUT2D eigenvalue weighted by Gasteiger charge is 2.20. The van der Waals surface area contributed by atoms with Gasteiger partial charge in [-0.05, 0) is 17.7 Å². The van der Waals surface area contributed by atoms with Gasteiger partial charge in [-0.25, -0.2) is 18.5 Å². The topological polar surface area (TPSA) is 113 Å². The molecule has 2 heterocycles. The fourth-order valence-corrected chi connectivity index (χ4v) is 3.03. The van der Waals surface area contributed by atoms with E-state index in [1.165, 1.54) is 17.1 Å². The van der Waals surface area contributed by atoms with Crippen LogP contribution in [0.4, 0.5) is 0 Å². The number of hydrogen-bond donors (Lipinski definition) is 1. The van der Waals surface area contributed by atoms with Gasteiger partial charge in [0.25, 0.3) is 10.0 Å². The van der Waals surface area contributed by atoms with E-state index in [0.717, 1.165) is 11.3 Å². The summed E-state index contributed by atoms with van der Waals surface area (Å²) in [4.78, 5) is 3.99. The monoisotopic (exact) mass is 348 g/mol. The second-order valence-electron chi connectivity index (χ2n) is 5.15. The lowest BCUT2D eigenvalue weighted by Gasteiger charge is -2.03. The molecule has 126 valence electrons. The second-order valence-corrected chi connectivity index (χ2v) is 6.63. The molecule has 0 aliphatic carbocycles. The van der Waals surface area contributed by atoms with Crippen molar-refractivity contribution in [2.45, 2.75) is 18.0 Å². The minimum atomic E-state index is -3.93. The number of ether oxygens (including phenoxy) is 1. The van der Waals surface area contributed by atoms with Gasteiger partial charge in [0.15, 0.2) is 5.03 Å². The largest absolute Gasteiger partial charge is 0.497 e. The first kappa shape index (κ1) is 16.2. The Labute approximate surface area is 138 Å². The standard InChI is InChI=1S/C15H16N4O4S/c1-22-13-4-2-11(3-5-13)8-12-9-19(10-14-17-6-7-23-14)18-15(12)24(16,20)21/h2-7,9H,8,10H2,1H3,(H2,16,20,21). The molecule has 2 aromatic heterocycles. The maximum absolute atomic E-state index is 11.8. The van der Waals surface area contributed by atoms with Crippen LogP contribution in [0.15, 0.2) is 52.4 Å². The number of sulfonamides is 1. The number of rotatable bonds is 6. The molecule has 1 aromatic carbocycles. The van der Waals surface area contributed by atoms with E-state index in [0.29, 0.717) is 17.9 Å². The van der Waals surface area contributed by atoms with E-state index in [1.54, 1.807) is 13.3 Å². The molecule has 0 unspecified atom stereocenters. The molecule has 3 aromatic rings. The van der Waals surface area contributed by atoms with Gasteiger partial charge in [-0.3, -0.25) is 4.68 Å². The summed E-state index contributed by atoms with van der Waals surface area (Å²) < 4.78 is 35.3. The number of oxazole rings is 1. The van der Waals surface area contributed by atoms with Crippen LogP contribution in [0.5, 0.6) is 5.75 Å². The maximum Gasteiger partial charge on any atom is 0.257 e. The first-order valence-electron chi connectivity index (χ1n) is 7.06. The van der Waals surface area contributed by atoms with Gasteiger partial charge in [-0.2, -0.15) is 5.10 Å². The molecule has 0 spiro atoms. The van der Waals surface area contributed by atoms with Crippen LogP contribution >= 0.6 is 0 Å². The summed E-state index contributed by atoms with van der Waals surface area (Å²) in [5.41, 5.74) is 1.42. The van der Waals surface area contributed by atoms with Crippen molar-refractivity contribution >= 4 is 10.0 Å². The van der Waals surface area contributed by atoms with E-state index in [-0.39, 0.29) is 11.6 Å². The molecule has 8 nitrogen and oxygen atoms in total. The van der Waals surface area contributed by atoms with Crippen LogP contribution in [0.25, 0.3) is 0 Å². The van der Waals surface area contributed by atoms with Crippen molar-refractivity contribution in [2.24, 2.45) is 5.14 Å². The Kier molecular flexibility index (Phi) is 4.36. The zero-order valence-corrected chi connectivity index (χ0v) is 13.7. The molecule has 0 radical (unpaired) electrons. The van der Waals surface area contributed by atoms with E-state index < -0.39 is 10.0 Å². The molecule has 9 heteroatoms. The lowest BCUT2D eigenvalue weighted by molar-refractivity contribution is 0.414. The predicted molar refractivity (Wildman–Crippen MR) is 85.0 cm³/mol. The van der Waals surface area contributed by atoms with Crippen molar-refractivity contribution in [1.82, 2.24) is 14.8 Å². The van der Waals surface area contributed by atoms with E-state index in [1.807, 2.05) is 24.3 Å². The predicted octanol–water partition coefficient (Wildman–Crippen LogP) is 1.17. The Hall–Kier alpha value is -2.65. The molecule has 0 saturated carbocycles. The number of nitrogens with zero attached hydrogens (tertiary/aromatic N) is 3. The van der Waals surface area contributed by atoms with Crippen LogP contribution in [0.1, 0.15) is 17.0 Å². The Bertz CT molecular complexity index is 915. The smallest absolute Gasteiger partial charge is 0.257 e. The molecule has 24 heavy (non-hydrogen) atoms. The van der Waals surface area contributed by atoms with Crippen LogP contribution in [0.2, 0.25) is 0 Å². The fraction of sp³-hybridized carbons (Fsp3) is 0.200. The Morgan fingerprint density at radius 2 is 2.04 bits per heavy atom. The number of benzene rings is 1. The molecular weight excluding hydrogens is 332 g/mol. The fourth-order valence-electron chi connectivity index (χ4n) is 2.32. The van der Waals surface area contributed by atoms with Crippen molar-refractivity contribution in [1.29, 1.82) is 0 Å². The average Bonchev–Trinajstić information content (AvgIpc) is 3.18. The molecule has 0 atom stereocenters. The van der Waals surface area contributed by atoms with Crippen LogP contribution in [-0.2, 0) is 23.0 Å². The van der Waals surface area contributed by atoms with Gasteiger partial charge in [0.2, 0.25) is 5.89 Å². The van der Waals surface area contributed by atoms with Gasteiger partial charge in [0.05, 0.1) is 13.3 Å². The molecular formula is C15H16N4O4S. The van der Waals surface area contributed by atoms with Crippen molar-refractivity contribution in [3.05, 3.63) is 59.9 Å². The summed E-state index contributed by atoms with van der Waals surface area (Å²) in [6.45, 7) is 0.220. The highest BCUT2D eigenvalue weighted by molar-refractivity contribution is 7.89. The van der Waals surface area contributed by atoms with E-state index >= 15 is 0 Å². The Morgan fingerprint density at radius 3 is 2.62 bits per heavy atom. The Balaban J connectivity index is 1.91. The lowest BCUT2D eigenvalue weighted by atomic mass is 10.1. The first-order chi connectivity index (χ1) is 11.5.